The van der Waals surface area contributed by atoms with E-state index >= 15 is 0 Å². The molecule has 11 heteroatoms. The van der Waals surface area contributed by atoms with Crippen molar-refractivity contribution in [2.45, 2.75) is 0 Å². The maximum Gasteiger partial charge on any atom is 2.00 e. The van der Waals surface area contributed by atoms with Gasteiger partial charge in [-0.3, -0.25) is 9.59 Å². The molecule has 0 unspecified atom stereocenters. The molecule has 0 atom stereocenters. The molecule has 0 aliphatic rings. The zero-order valence-electron chi connectivity index (χ0n) is 15.6. The first kappa shape index (κ1) is 26.9. The molecule has 0 aliphatic carbocycles. The minimum absolute atomic E-state index is 0. The summed E-state index contributed by atoms with van der Waals surface area (Å²) in [5, 5.41) is 42.8. The zero-order chi connectivity index (χ0) is 22.5. The van der Waals surface area contributed by atoms with Gasteiger partial charge in [-0.05, 0) is 36.4 Å². The summed E-state index contributed by atoms with van der Waals surface area (Å²) in [4.78, 5) is 42.1. The van der Waals surface area contributed by atoms with Crippen LogP contribution in [0.3, 0.4) is 0 Å². The molecular formula is C20H16CoN2O8. The average molecular weight is 471 g/mol. The third kappa shape index (κ3) is 12.9. The Hall–Kier alpha value is -4.09. The van der Waals surface area contributed by atoms with E-state index in [2.05, 4.69) is 10.6 Å². The van der Waals surface area contributed by atoms with Crippen molar-refractivity contribution in [3.8, 4) is 11.5 Å². The first-order valence-corrected chi connectivity index (χ1v) is 8.14. The molecule has 0 aromatic heterocycles. The van der Waals surface area contributed by atoms with Crippen LogP contribution in [0.5, 0.6) is 11.5 Å². The molecular weight excluding hydrogens is 455 g/mol. The Bertz CT molecular complexity index is 909. The number of phenols is 2. The van der Waals surface area contributed by atoms with E-state index in [1.165, 1.54) is 24.3 Å². The molecule has 0 saturated heterocycles. The standard InChI is InChI=1S/2C10H9NO4.Co/c2*12-8-3-1-2-7(6-8)11-9(13)4-5-10(14)15;/h2*1-6,12H,(H,11,13)(H,14,15);/q;;+2/p-2. The van der Waals surface area contributed by atoms with E-state index in [0.717, 1.165) is 12.2 Å². The molecule has 2 aromatic carbocycles. The number of hydrogen-bond acceptors (Lipinski definition) is 8. The van der Waals surface area contributed by atoms with Crippen molar-refractivity contribution in [2.24, 2.45) is 0 Å². The molecule has 0 saturated carbocycles. The molecule has 4 N–H and O–H groups in total. The predicted octanol–water partition coefficient (Wildman–Crippen LogP) is -0.729. The number of carboxylic acids is 2. The van der Waals surface area contributed by atoms with E-state index in [1.807, 2.05) is 0 Å². The number of amides is 2. The van der Waals surface area contributed by atoms with Crippen LogP contribution in [0.15, 0.2) is 72.8 Å². The number of carbonyl (C=O) groups is 4. The number of rotatable bonds is 6. The van der Waals surface area contributed by atoms with E-state index in [9.17, 15) is 29.4 Å². The van der Waals surface area contributed by atoms with Crippen LogP contribution in [0.25, 0.3) is 0 Å². The summed E-state index contributed by atoms with van der Waals surface area (Å²) in [6.45, 7) is 0. The second-order valence-corrected chi connectivity index (χ2v) is 5.38. The van der Waals surface area contributed by atoms with Crippen molar-refractivity contribution in [3.05, 3.63) is 72.8 Å². The summed E-state index contributed by atoms with van der Waals surface area (Å²) in [5.41, 5.74) is 0.756. The number of carbonyl (C=O) groups excluding carboxylic acids is 4. The van der Waals surface area contributed by atoms with Gasteiger partial charge in [0.25, 0.3) is 0 Å². The van der Waals surface area contributed by atoms with E-state index < -0.39 is 23.8 Å². The summed E-state index contributed by atoms with van der Waals surface area (Å²) in [5.74, 6) is -4.08. The molecule has 2 amide bonds. The van der Waals surface area contributed by atoms with Gasteiger partial charge in [-0.1, -0.05) is 12.1 Å². The van der Waals surface area contributed by atoms with Gasteiger partial charge in [-0.25, -0.2) is 0 Å². The molecule has 31 heavy (non-hydrogen) atoms. The van der Waals surface area contributed by atoms with Crippen LogP contribution >= 0.6 is 0 Å². The van der Waals surface area contributed by atoms with Gasteiger partial charge in [0.15, 0.2) is 0 Å². The molecule has 0 heterocycles. The Morgan fingerprint density at radius 2 is 1.03 bits per heavy atom. The van der Waals surface area contributed by atoms with Gasteiger partial charge < -0.3 is 40.6 Å². The molecule has 0 aliphatic heterocycles. The second-order valence-electron chi connectivity index (χ2n) is 5.38. The maximum absolute atomic E-state index is 11.1. The van der Waals surface area contributed by atoms with Gasteiger partial charge in [0, 0.05) is 35.7 Å². The fourth-order valence-corrected chi connectivity index (χ4v) is 1.82. The molecule has 0 fully saturated rings. The summed E-state index contributed by atoms with van der Waals surface area (Å²) in [6, 6.07) is 11.8. The fraction of sp³-hybridized carbons (Fsp3) is 0. The Morgan fingerprint density at radius 1 is 0.677 bits per heavy atom. The number of nitrogens with one attached hydrogen (secondary N) is 2. The van der Waals surface area contributed by atoms with Crippen LogP contribution in [0.2, 0.25) is 0 Å². The van der Waals surface area contributed by atoms with Gasteiger partial charge in [0.2, 0.25) is 11.8 Å². The first-order valence-electron chi connectivity index (χ1n) is 8.14. The van der Waals surface area contributed by atoms with Crippen molar-refractivity contribution < 1.29 is 56.4 Å². The number of benzene rings is 2. The molecule has 10 nitrogen and oxygen atoms in total. The third-order valence-corrected chi connectivity index (χ3v) is 2.97. The number of anilines is 2. The van der Waals surface area contributed by atoms with Gasteiger partial charge >= 0.3 is 16.8 Å². The van der Waals surface area contributed by atoms with E-state index in [1.54, 1.807) is 24.3 Å². The maximum atomic E-state index is 11.1. The van der Waals surface area contributed by atoms with Crippen LogP contribution in [-0.2, 0) is 36.0 Å². The number of aromatic hydroxyl groups is 2. The monoisotopic (exact) mass is 471 g/mol. The molecule has 2 rings (SSSR count). The molecule has 0 bridgehead atoms. The van der Waals surface area contributed by atoms with Crippen molar-refractivity contribution in [3.63, 3.8) is 0 Å². The topological polar surface area (TPSA) is 179 Å². The minimum Gasteiger partial charge on any atom is -0.545 e. The van der Waals surface area contributed by atoms with Crippen LogP contribution in [0.1, 0.15) is 0 Å². The van der Waals surface area contributed by atoms with Gasteiger partial charge in [-0.15, -0.1) is 0 Å². The van der Waals surface area contributed by atoms with Crippen molar-refractivity contribution in [1.82, 2.24) is 0 Å². The number of aliphatic carboxylic acids is 2. The van der Waals surface area contributed by atoms with Gasteiger partial charge in [-0.2, -0.15) is 0 Å². The van der Waals surface area contributed by atoms with Crippen LogP contribution < -0.4 is 20.8 Å². The molecule has 1 radical (unpaired) electrons. The van der Waals surface area contributed by atoms with E-state index in [0.29, 0.717) is 23.5 Å². The number of hydrogen-bond donors (Lipinski definition) is 4. The van der Waals surface area contributed by atoms with Gasteiger partial charge in [0.1, 0.15) is 11.5 Å². The molecule has 2 aromatic rings. The summed E-state index contributed by atoms with van der Waals surface area (Å²) in [6.07, 6.45) is 2.91. The Labute approximate surface area is 186 Å². The zero-order valence-corrected chi connectivity index (χ0v) is 16.6. The SMILES string of the molecule is O=C([O-])C=CC(=O)Nc1cccc(O)c1.O=C([O-])C=CC(=O)Nc1cccc(O)c1.[Co+2]. The summed E-state index contributed by atoms with van der Waals surface area (Å²) in [7, 11) is 0. The molecule has 163 valence electrons. The quantitative estimate of drug-likeness (QED) is 0.398. The van der Waals surface area contributed by atoms with E-state index in [4.69, 9.17) is 10.2 Å². The number of carboxylic acid groups (broad SMARTS) is 2. The Balaban J connectivity index is 0.000000562. The smallest absolute Gasteiger partial charge is 0.545 e. The number of phenolic OH excluding ortho intramolecular Hbond substituents is 2. The first-order chi connectivity index (χ1) is 14.2. The summed E-state index contributed by atoms with van der Waals surface area (Å²) >= 11 is 0. The minimum atomic E-state index is -1.44. The fourth-order valence-electron chi connectivity index (χ4n) is 1.82. The van der Waals surface area contributed by atoms with E-state index in [-0.39, 0.29) is 28.3 Å². The van der Waals surface area contributed by atoms with Crippen LogP contribution in [0, 0.1) is 0 Å². The van der Waals surface area contributed by atoms with Crippen LogP contribution in [0.4, 0.5) is 11.4 Å². The summed E-state index contributed by atoms with van der Waals surface area (Å²) < 4.78 is 0. The van der Waals surface area contributed by atoms with Crippen LogP contribution in [-0.4, -0.2) is 34.0 Å². The Morgan fingerprint density at radius 3 is 1.32 bits per heavy atom. The molecule has 0 spiro atoms. The third-order valence-electron chi connectivity index (χ3n) is 2.97. The van der Waals surface area contributed by atoms with Crippen molar-refractivity contribution in [2.75, 3.05) is 10.6 Å². The largest absolute Gasteiger partial charge is 2.00 e. The second kappa shape index (κ2) is 14.0. The van der Waals surface area contributed by atoms with Crippen molar-refractivity contribution in [1.29, 1.82) is 0 Å². The average Bonchev–Trinajstić information content (AvgIpc) is 2.65. The Kier molecular flexibility index (Phi) is 12.1. The van der Waals surface area contributed by atoms with Gasteiger partial charge in [0.05, 0.1) is 11.9 Å². The normalized spacial score (nSPS) is 9.81. The predicted molar refractivity (Wildman–Crippen MR) is 102 cm³/mol. The van der Waals surface area contributed by atoms with Crippen molar-refractivity contribution >= 4 is 35.1 Å².